The third kappa shape index (κ3) is 4.91. The molecule has 0 radical (unpaired) electrons. The molecular weight excluding hydrogens is 262 g/mol. The second-order valence-corrected chi connectivity index (χ2v) is 4.96. The number of halogens is 2. The Balaban J connectivity index is 2.38. The Morgan fingerprint density at radius 3 is 2.45 bits per heavy atom. The van der Waals surface area contributed by atoms with Crippen molar-refractivity contribution in [2.75, 3.05) is 6.61 Å². The standard InChI is InChI=1S/C16H22F2O2/c1-3-4-5-6-7-8-11-20-16(19)14-13(17)10-9-12(2)15(14)18/h9-10H,3-8,11H2,1-2H3. The van der Waals surface area contributed by atoms with E-state index in [2.05, 4.69) is 6.92 Å². The molecule has 0 unspecified atom stereocenters. The minimum atomic E-state index is -0.919. The Hall–Kier alpha value is -1.45. The minimum Gasteiger partial charge on any atom is -0.462 e. The van der Waals surface area contributed by atoms with Gasteiger partial charge in [0.1, 0.15) is 17.2 Å². The summed E-state index contributed by atoms with van der Waals surface area (Å²) in [4.78, 5) is 11.7. The third-order valence-corrected chi connectivity index (χ3v) is 3.22. The van der Waals surface area contributed by atoms with Crippen molar-refractivity contribution in [1.82, 2.24) is 0 Å². The van der Waals surface area contributed by atoms with Gasteiger partial charge in [0.2, 0.25) is 0 Å². The lowest BCUT2D eigenvalue weighted by atomic mass is 10.1. The van der Waals surface area contributed by atoms with Gasteiger partial charge in [0.25, 0.3) is 0 Å². The zero-order valence-corrected chi connectivity index (χ0v) is 12.2. The highest BCUT2D eigenvalue weighted by atomic mass is 19.1. The molecule has 0 N–H and O–H groups in total. The van der Waals surface area contributed by atoms with Gasteiger partial charge in [-0.1, -0.05) is 45.1 Å². The van der Waals surface area contributed by atoms with E-state index in [4.69, 9.17) is 4.74 Å². The van der Waals surface area contributed by atoms with E-state index in [-0.39, 0.29) is 12.2 Å². The molecule has 112 valence electrons. The number of carbonyl (C=O) groups excluding carboxylic acids is 1. The number of hydrogen-bond donors (Lipinski definition) is 0. The second kappa shape index (κ2) is 8.67. The fourth-order valence-electron chi connectivity index (χ4n) is 1.96. The summed E-state index contributed by atoms with van der Waals surface area (Å²) >= 11 is 0. The van der Waals surface area contributed by atoms with Gasteiger partial charge in [0, 0.05) is 0 Å². The normalized spacial score (nSPS) is 10.6. The van der Waals surface area contributed by atoms with Crippen molar-refractivity contribution >= 4 is 5.97 Å². The maximum atomic E-state index is 13.7. The van der Waals surface area contributed by atoms with Crippen molar-refractivity contribution in [3.63, 3.8) is 0 Å². The van der Waals surface area contributed by atoms with Crippen LogP contribution in [0.25, 0.3) is 0 Å². The molecule has 0 aliphatic rings. The van der Waals surface area contributed by atoms with Crippen LogP contribution >= 0.6 is 0 Å². The molecule has 0 spiro atoms. The van der Waals surface area contributed by atoms with E-state index in [0.717, 1.165) is 25.3 Å². The first-order valence-corrected chi connectivity index (χ1v) is 7.19. The average Bonchev–Trinajstić information content (AvgIpc) is 2.42. The van der Waals surface area contributed by atoms with E-state index in [1.54, 1.807) is 0 Å². The van der Waals surface area contributed by atoms with Gasteiger partial charge in [-0.05, 0) is 25.0 Å². The zero-order chi connectivity index (χ0) is 15.0. The van der Waals surface area contributed by atoms with Gasteiger partial charge in [-0.15, -0.1) is 0 Å². The van der Waals surface area contributed by atoms with Crippen molar-refractivity contribution in [3.05, 3.63) is 34.9 Å². The Bertz CT molecular complexity index is 444. The minimum absolute atomic E-state index is 0.206. The van der Waals surface area contributed by atoms with Crippen LogP contribution in [-0.4, -0.2) is 12.6 Å². The lowest BCUT2D eigenvalue weighted by Gasteiger charge is -2.08. The quantitative estimate of drug-likeness (QED) is 0.506. The number of unbranched alkanes of at least 4 members (excludes halogenated alkanes) is 5. The van der Waals surface area contributed by atoms with E-state index in [1.807, 2.05) is 0 Å². The van der Waals surface area contributed by atoms with E-state index in [1.165, 1.54) is 32.3 Å². The van der Waals surface area contributed by atoms with E-state index in [0.29, 0.717) is 0 Å². The van der Waals surface area contributed by atoms with Crippen LogP contribution in [0.15, 0.2) is 12.1 Å². The van der Waals surface area contributed by atoms with Gasteiger partial charge in [-0.25, -0.2) is 13.6 Å². The first kappa shape index (κ1) is 16.6. The first-order valence-electron chi connectivity index (χ1n) is 7.19. The molecule has 0 aliphatic carbocycles. The molecule has 0 atom stereocenters. The van der Waals surface area contributed by atoms with E-state index >= 15 is 0 Å². The average molecular weight is 284 g/mol. The summed E-state index contributed by atoms with van der Waals surface area (Å²) in [5, 5.41) is 0. The van der Waals surface area contributed by atoms with E-state index < -0.39 is 23.2 Å². The number of esters is 1. The largest absolute Gasteiger partial charge is 0.462 e. The first-order chi connectivity index (χ1) is 9.57. The molecule has 4 heteroatoms. The molecule has 0 heterocycles. The zero-order valence-electron chi connectivity index (χ0n) is 12.2. The van der Waals surface area contributed by atoms with Crippen LogP contribution in [0, 0.1) is 18.6 Å². The molecule has 0 saturated heterocycles. The number of benzene rings is 1. The Labute approximate surface area is 119 Å². The number of ether oxygens (including phenoxy) is 1. The molecule has 2 nitrogen and oxygen atoms in total. The molecule has 1 rings (SSSR count). The summed E-state index contributed by atoms with van der Waals surface area (Å²) in [5.74, 6) is -2.63. The Morgan fingerprint density at radius 1 is 1.10 bits per heavy atom. The monoisotopic (exact) mass is 284 g/mol. The maximum absolute atomic E-state index is 13.7. The lowest BCUT2D eigenvalue weighted by Crippen LogP contribution is -2.12. The topological polar surface area (TPSA) is 26.3 Å². The van der Waals surface area contributed by atoms with Crippen molar-refractivity contribution in [3.8, 4) is 0 Å². The predicted molar refractivity (Wildman–Crippen MR) is 74.8 cm³/mol. The molecule has 0 aliphatic heterocycles. The van der Waals surface area contributed by atoms with Gasteiger partial charge in [0.15, 0.2) is 0 Å². The predicted octanol–water partition coefficient (Wildman–Crippen LogP) is 4.79. The van der Waals surface area contributed by atoms with Crippen LogP contribution in [0.2, 0.25) is 0 Å². The van der Waals surface area contributed by atoms with Crippen LogP contribution in [0.5, 0.6) is 0 Å². The highest BCUT2D eigenvalue weighted by Crippen LogP contribution is 2.17. The van der Waals surface area contributed by atoms with Gasteiger partial charge in [0.05, 0.1) is 6.61 Å². The molecule has 0 fully saturated rings. The second-order valence-electron chi connectivity index (χ2n) is 4.96. The van der Waals surface area contributed by atoms with Crippen molar-refractivity contribution in [2.45, 2.75) is 52.4 Å². The maximum Gasteiger partial charge on any atom is 0.344 e. The van der Waals surface area contributed by atoms with Crippen LogP contribution in [0.4, 0.5) is 8.78 Å². The number of rotatable bonds is 8. The van der Waals surface area contributed by atoms with Crippen molar-refractivity contribution in [1.29, 1.82) is 0 Å². The fraction of sp³-hybridized carbons (Fsp3) is 0.562. The summed E-state index contributed by atoms with van der Waals surface area (Å²) in [6, 6.07) is 2.38. The molecule has 0 saturated carbocycles. The third-order valence-electron chi connectivity index (χ3n) is 3.22. The Kier molecular flexibility index (Phi) is 7.20. The van der Waals surface area contributed by atoms with Crippen LogP contribution < -0.4 is 0 Å². The molecule has 1 aromatic rings. The summed E-state index contributed by atoms with van der Waals surface area (Å²) < 4.78 is 32.1. The molecular formula is C16H22F2O2. The molecule has 0 aromatic heterocycles. The smallest absolute Gasteiger partial charge is 0.344 e. The fourth-order valence-corrected chi connectivity index (χ4v) is 1.96. The van der Waals surface area contributed by atoms with Crippen LogP contribution in [0.3, 0.4) is 0 Å². The van der Waals surface area contributed by atoms with E-state index in [9.17, 15) is 13.6 Å². The van der Waals surface area contributed by atoms with Gasteiger partial charge < -0.3 is 4.74 Å². The van der Waals surface area contributed by atoms with Crippen molar-refractivity contribution < 1.29 is 18.3 Å². The van der Waals surface area contributed by atoms with Gasteiger partial charge in [-0.2, -0.15) is 0 Å². The summed E-state index contributed by atoms with van der Waals surface area (Å²) in [5.41, 5.74) is -0.353. The highest BCUT2D eigenvalue weighted by molar-refractivity contribution is 5.90. The number of carbonyl (C=O) groups is 1. The summed E-state index contributed by atoms with van der Waals surface area (Å²) in [7, 11) is 0. The lowest BCUT2D eigenvalue weighted by molar-refractivity contribution is 0.0486. The van der Waals surface area contributed by atoms with Crippen LogP contribution in [0.1, 0.15) is 61.4 Å². The van der Waals surface area contributed by atoms with Crippen LogP contribution in [-0.2, 0) is 4.74 Å². The number of aryl methyl sites for hydroxylation is 1. The van der Waals surface area contributed by atoms with Crippen molar-refractivity contribution in [2.24, 2.45) is 0 Å². The highest BCUT2D eigenvalue weighted by Gasteiger charge is 2.20. The Morgan fingerprint density at radius 2 is 1.75 bits per heavy atom. The summed E-state index contributed by atoms with van der Waals surface area (Å²) in [6.45, 7) is 3.84. The molecule has 1 aromatic carbocycles. The molecule has 0 amide bonds. The molecule has 20 heavy (non-hydrogen) atoms. The van der Waals surface area contributed by atoms with Gasteiger partial charge in [-0.3, -0.25) is 0 Å². The van der Waals surface area contributed by atoms with Gasteiger partial charge >= 0.3 is 5.97 Å². The summed E-state index contributed by atoms with van der Waals surface area (Å²) in [6.07, 6.45) is 6.35. The number of hydrogen-bond acceptors (Lipinski definition) is 2. The SMILES string of the molecule is CCCCCCCCOC(=O)c1c(F)ccc(C)c1F. The molecule has 0 bridgehead atoms.